The van der Waals surface area contributed by atoms with E-state index in [2.05, 4.69) is 4.74 Å². The third-order valence-corrected chi connectivity index (χ3v) is 2.22. The summed E-state index contributed by atoms with van der Waals surface area (Å²) >= 11 is 0. The normalized spacial score (nSPS) is 9.82. The fourth-order valence-electron chi connectivity index (χ4n) is 1.38. The molecule has 0 aliphatic rings. The fraction of sp³-hybridized carbons (Fsp3) is 0.300. The molecule has 1 rings (SSSR count). The number of carbonyl (C=O) groups is 1. The van der Waals surface area contributed by atoms with Crippen LogP contribution >= 0.6 is 0 Å². The van der Waals surface area contributed by atoms with E-state index in [-0.39, 0.29) is 23.5 Å². The van der Waals surface area contributed by atoms with Crippen LogP contribution in [0.15, 0.2) is 12.1 Å². The summed E-state index contributed by atoms with van der Waals surface area (Å²) in [4.78, 5) is 21.6. The monoisotopic (exact) mass is 240 g/mol. The van der Waals surface area contributed by atoms with Crippen LogP contribution in [0, 0.1) is 10.1 Å². The summed E-state index contributed by atoms with van der Waals surface area (Å²) in [5.74, 6) is -0.503. The SMILES string of the molecule is COC(=O)c1cc([N+](=O)[O-])c(CN)cc1OC. The van der Waals surface area contributed by atoms with Crippen molar-refractivity contribution in [3.05, 3.63) is 33.4 Å². The van der Waals surface area contributed by atoms with Gasteiger partial charge in [-0.1, -0.05) is 0 Å². The number of hydrogen-bond donors (Lipinski definition) is 1. The predicted molar refractivity (Wildman–Crippen MR) is 58.9 cm³/mol. The number of nitrogens with zero attached hydrogens (tertiary/aromatic N) is 1. The van der Waals surface area contributed by atoms with Gasteiger partial charge >= 0.3 is 5.97 Å². The lowest BCUT2D eigenvalue weighted by molar-refractivity contribution is -0.385. The highest BCUT2D eigenvalue weighted by Gasteiger charge is 2.22. The van der Waals surface area contributed by atoms with E-state index in [9.17, 15) is 14.9 Å². The van der Waals surface area contributed by atoms with Gasteiger partial charge in [-0.05, 0) is 6.07 Å². The number of methoxy groups -OCH3 is 2. The van der Waals surface area contributed by atoms with E-state index in [0.29, 0.717) is 5.56 Å². The largest absolute Gasteiger partial charge is 0.496 e. The minimum atomic E-state index is -0.700. The van der Waals surface area contributed by atoms with E-state index in [0.717, 1.165) is 6.07 Å². The number of ether oxygens (including phenoxy) is 2. The fourth-order valence-corrected chi connectivity index (χ4v) is 1.38. The number of hydrogen-bond acceptors (Lipinski definition) is 6. The molecule has 0 heterocycles. The van der Waals surface area contributed by atoms with Gasteiger partial charge in [0.25, 0.3) is 5.69 Å². The number of carbonyl (C=O) groups excluding carboxylic acids is 1. The van der Waals surface area contributed by atoms with Crippen molar-refractivity contribution in [2.24, 2.45) is 5.73 Å². The topological polar surface area (TPSA) is 105 Å². The van der Waals surface area contributed by atoms with Crippen molar-refractivity contribution in [1.29, 1.82) is 0 Å². The molecule has 0 saturated heterocycles. The Morgan fingerprint density at radius 2 is 2.12 bits per heavy atom. The summed E-state index contributed by atoms with van der Waals surface area (Å²) in [5, 5.41) is 10.8. The van der Waals surface area contributed by atoms with Gasteiger partial charge in [0, 0.05) is 18.2 Å². The molecular weight excluding hydrogens is 228 g/mol. The van der Waals surface area contributed by atoms with E-state index in [1.165, 1.54) is 20.3 Å². The average molecular weight is 240 g/mol. The molecule has 0 aromatic heterocycles. The van der Waals surface area contributed by atoms with Crippen LogP contribution in [0.5, 0.6) is 5.75 Å². The van der Waals surface area contributed by atoms with E-state index in [1.807, 2.05) is 0 Å². The lowest BCUT2D eigenvalue weighted by atomic mass is 10.1. The molecule has 0 aliphatic heterocycles. The van der Waals surface area contributed by atoms with Crippen molar-refractivity contribution in [2.45, 2.75) is 6.54 Å². The molecule has 0 fully saturated rings. The highest BCUT2D eigenvalue weighted by Crippen LogP contribution is 2.28. The molecule has 7 heteroatoms. The van der Waals surface area contributed by atoms with Gasteiger partial charge in [0.2, 0.25) is 0 Å². The Kier molecular flexibility index (Phi) is 4.00. The van der Waals surface area contributed by atoms with Crippen LogP contribution in [-0.2, 0) is 11.3 Å². The van der Waals surface area contributed by atoms with E-state index in [4.69, 9.17) is 10.5 Å². The lowest BCUT2D eigenvalue weighted by Crippen LogP contribution is -2.08. The second kappa shape index (κ2) is 5.26. The molecule has 7 nitrogen and oxygen atoms in total. The minimum absolute atomic E-state index is 0.00102. The van der Waals surface area contributed by atoms with Crippen LogP contribution < -0.4 is 10.5 Å². The first-order chi connectivity index (χ1) is 8.04. The molecule has 92 valence electrons. The molecule has 0 amide bonds. The summed E-state index contributed by atoms with van der Waals surface area (Å²) in [7, 11) is 2.54. The van der Waals surface area contributed by atoms with Gasteiger partial charge in [0.1, 0.15) is 11.3 Å². The lowest BCUT2D eigenvalue weighted by Gasteiger charge is -2.09. The standard InChI is InChI=1S/C10H12N2O5/c1-16-9-3-6(5-11)8(12(14)15)4-7(9)10(13)17-2/h3-4H,5,11H2,1-2H3. The Morgan fingerprint density at radius 3 is 2.53 bits per heavy atom. The first-order valence-corrected chi connectivity index (χ1v) is 4.68. The number of nitrogens with two attached hydrogens (primary N) is 1. The molecule has 17 heavy (non-hydrogen) atoms. The molecule has 0 aliphatic carbocycles. The molecule has 0 spiro atoms. The summed E-state index contributed by atoms with van der Waals surface area (Å²) in [6, 6.07) is 2.47. The zero-order valence-electron chi connectivity index (χ0n) is 9.43. The molecule has 0 unspecified atom stereocenters. The Morgan fingerprint density at radius 1 is 1.47 bits per heavy atom. The molecule has 0 radical (unpaired) electrons. The second-order valence-corrected chi connectivity index (χ2v) is 3.13. The minimum Gasteiger partial charge on any atom is -0.496 e. The number of benzene rings is 1. The van der Waals surface area contributed by atoms with Crippen molar-refractivity contribution in [1.82, 2.24) is 0 Å². The number of nitro benzene ring substituents is 1. The van der Waals surface area contributed by atoms with Crippen LogP contribution in [-0.4, -0.2) is 25.1 Å². The van der Waals surface area contributed by atoms with Crippen LogP contribution in [0.4, 0.5) is 5.69 Å². The van der Waals surface area contributed by atoms with Gasteiger partial charge in [-0.3, -0.25) is 10.1 Å². The third-order valence-electron chi connectivity index (χ3n) is 2.22. The molecule has 0 bridgehead atoms. The second-order valence-electron chi connectivity index (χ2n) is 3.13. The van der Waals surface area contributed by atoms with Crippen LogP contribution in [0.1, 0.15) is 15.9 Å². The highest BCUT2D eigenvalue weighted by atomic mass is 16.6. The van der Waals surface area contributed by atoms with Gasteiger partial charge in [-0.25, -0.2) is 4.79 Å². The quantitative estimate of drug-likeness (QED) is 0.475. The van der Waals surface area contributed by atoms with Crippen molar-refractivity contribution in [3.63, 3.8) is 0 Å². The number of rotatable bonds is 4. The Hall–Kier alpha value is -2.15. The van der Waals surface area contributed by atoms with Crippen molar-refractivity contribution in [2.75, 3.05) is 14.2 Å². The van der Waals surface area contributed by atoms with Crippen molar-refractivity contribution < 1.29 is 19.2 Å². The number of nitro groups is 1. The third kappa shape index (κ3) is 2.51. The summed E-state index contributed by atoms with van der Waals surface area (Å²) in [6.45, 7) is -0.0197. The first kappa shape index (κ1) is 12.9. The van der Waals surface area contributed by atoms with E-state index < -0.39 is 10.9 Å². The van der Waals surface area contributed by atoms with Crippen LogP contribution in [0.2, 0.25) is 0 Å². The molecule has 0 atom stereocenters. The van der Waals surface area contributed by atoms with Gasteiger partial charge < -0.3 is 15.2 Å². The smallest absolute Gasteiger partial charge is 0.341 e. The van der Waals surface area contributed by atoms with Crippen LogP contribution in [0.25, 0.3) is 0 Å². The maximum absolute atomic E-state index is 11.4. The maximum Gasteiger partial charge on any atom is 0.341 e. The van der Waals surface area contributed by atoms with Gasteiger partial charge in [-0.2, -0.15) is 0 Å². The van der Waals surface area contributed by atoms with E-state index in [1.54, 1.807) is 0 Å². The summed E-state index contributed by atoms with van der Waals surface area (Å²) < 4.78 is 9.48. The molecule has 1 aromatic carbocycles. The van der Waals surface area contributed by atoms with Gasteiger partial charge in [-0.15, -0.1) is 0 Å². The average Bonchev–Trinajstić information content (AvgIpc) is 2.35. The zero-order chi connectivity index (χ0) is 13.0. The first-order valence-electron chi connectivity index (χ1n) is 4.68. The molecule has 1 aromatic rings. The van der Waals surface area contributed by atoms with Crippen molar-refractivity contribution in [3.8, 4) is 5.75 Å². The number of esters is 1. The Bertz CT molecular complexity index is 458. The molecular formula is C10H12N2O5. The Balaban J connectivity index is 3.44. The van der Waals surface area contributed by atoms with Crippen LogP contribution in [0.3, 0.4) is 0 Å². The highest BCUT2D eigenvalue weighted by molar-refractivity contribution is 5.93. The zero-order valence-corrected chi connectivity index (χ0v) is 9.43. The van der Waals surface area contributed by atoms with E-state index >= 15 is 0 Å². The molecule has 2 N–H and O–H groups in total. The van der Waals surface area contributed by atoms with Crippen molar-refractivity contribution >= 4 is 11.7 Å². The summed E-state index contributed by atoms with van der Waals surface area (Å²) in [5.41, 5.74) is 5.46. The summed E-state index contributed by atoms with van der Waals surface area (Å²) in [6.07, 6.45) is 0. The molecule has 0 saturated carbocycles. The predicted octanol–water partition coefficient (Wildman–Crippen LogP) is 0.849. The van der Waals surface area contributed by atoms with Gasteiger partial charge in [0.15, 0.2) is 0 Å². The Labute approximate surface area is 97.3 Å². The maximum atomic E-state index is 11.4. The van der Waals surface area contributed by atoms with Gasteiger partial charge in [0.05, 0.1) is 19.1 Å².